The number of thiophene rings is 1. The van der Waals surface area contributed by atoms with Gasteiger partial charge in [-0.3, -0.25) is 14.6 Å². The molecule has 0 saturated carbocycles. The first kappa shape index (κ1) is 19.2. The van der Waals surface area contributed by atoms with Crippen molar-refractivity contribution in [2.75, 3.05) is 13.1 Å². The lowest BCUT2D eigenvalue weighted by Crippen LogP contribution is -2.53. The van der Waals surface area contributed by atoms with Gasteiger partial charge in [0.2, 0.25) is 0 Å². The molecule has 0 bridgehead atoms. The fraction of sp³-hybridized carbons (Fsp3) is 0.455. The number of rotatable bonds is 5. The predicted molar refractivity (Wildman–Crippen MR) is 111 cm³/mol. The summed E-state index contributed by atoms with van der Waals surface area (Å²) in [6, 6.07) is 10.4. The van der Waals surface area contributed by atoms with Gasteiger partial charge in [-0.25, -0.2) is 4.79 Å². The van der Waals surface area contributed by atoms with Crippen molar-refractivity contribution in [2.45, 2.75) is 45.3 Å². The number of amides is 3. The lowest BCUT2D eigenvalue weighted by molar-refractivity contribution is -0.133. The third-order valence-electron chi connectivity index (χ3n) is 6.15. The Morgan fingerprint density at radius 2 is 1.79 bits per heavy atom. The number of urea groups is 1. The van der Waals surface area contributed by atoms with Crippen LogP contribution in [-0.4, -0.2) is 40.4 Å². The number of piperidine rings is 1. The quantitative estimate of drug-likeness (QED) is 0.781. The Morgan fingerprint density at radius 3 is 2.43 bits per heavy atom. The van der Waals surface area contributed by atoms with Gasteiger partial charge in [0.1, 0.15) is 5.54 Å². The minimum absolute atomic E-state index is 0.0827. The Labute approximate surface area is 170 Å². The molecule has 2 fully saturated rings. The number of carbonyl (C=O) groups excluding carboxylic acids is 2. The maximum Gasteiger partial charge on any atom is 0.325 e. The molecule has 0 unspecified atom stereocenters. The van der Waals surface area contributed by atoms with Crippen LogP contribution in [0.3, 0.4) is 0 Å². The molecule has 1 aromatic heterocycles. The van der Waals surface area contributed by atoms with Gasteiger partial charge in [0.25, 0.3) is 5.91 Å². The number of hydrogen-bond donors (Lipinski definition) is 1. The van der Waals surface area contributed by atoms with Crippen LogP contribution in [0.1, 0.15) is 36.5 Å². The summed E-state index contributed by atoms with van der Waals surface area (Å²) in [5.74, 6) is 0.0892. The zero-order chi connectivity index (χ0) is 19.7. The van der Waals surface area contributed by atoms with E-state index in [1.165, 1.54) is 16.0 Å². The van der Waals surface area contributed by atoms with E-state index >= 15 is 0 Å². The second-order valence-electron chi connectivity index (χ2n) is 8.19. The van der Waals surface area contributed by atoms with Gasteiger partial charge in [-0.05, 0) is 73.6 Å². The summed E-state index contributed by atoms with van der Waals surface area (Å²) in [5, 5.41) is 6.96. The highest BCUT2D eigenvalue weighted by Gasteiger charge is 2.52. The van der Waals surface area contributed by atoms with Gasteiger partial charge in [-0.2, -0.15) is 11.3 Å². The third kappa shape index (κ3) is 3.71. The van der Waals surface area contributed by atoms with Crippen LogP contribution in [-0.2, 0) is 17.9 Å². The fourth-order valence-corrected chi connectivity index (χ4v) is 4.98. The minimum atomic E-state index is -0.789. The smallest absolute Gasteiger partial charge is 0.323 e. The molecule has 3 heterocycles. The Balaban J connectivity index is 1.37. The molecule has 6 heteroatoms. The van der Waals surface area contributed by atoms with Crippen molar-refractivity contribution >= 4 is 23.3 Å². The van der Waals surface area contributed by atoms with Crippen molar-refractivity contribution in [3.63, 3.8) is 0 Å². The van der Waals surface area contributed by atoms with Gasteiger partial charge in [-0.15, -0.1) is 0 Å². The molecule has 2 aliphatic rings. The van der Waals surface area contributed by atoms with E-state index in [1.54, 1.807) is 11.3 Å². The van der Waals surface area contributed by atoms with Gasteiger partial charge in [0.15, 0.2) is 0 Å². The standard InChI is InChI=1S/C22H27N3O2S/c1-16-3-5-17(6-4-16)13-24-10-7-19(8-11-24)22(2)20(26)25(21(27)23-22)14-18-9-12-28-15-18/h3-6,9,12,15,19H,7-8,10-11,13-14H2,1-2H3,(H,23,27)/t22-/m0/s1. The third-order valence-corrected chi connectivity index (χ3v) is 6.88. The number of carbonyl (C=O) groups is 2. The Morgan fingerprint density at radius 1 is 1.07 bits per heavy atom. The van der Waals surface area contributed by atoms with E-state index < -0.39 is 5.54 Å². The molecule has 2 saturated heterocycles. The van der Waals surface area contributed by atoms with Crippen molar-refractivity contribution in [1.82, 2.24) is 15.1 Å². The van der Waals surface area contributed by atoms with Gasteiger partial charge in [0, 0.05) is 6.54 Å². The van der Waals surface area contributed by atoms with Crippen molar-refractivity contribution in [2.24, 2.45) is 5.92 Å². The number of likely N-dealkylation sites (tertiary alicyclic amines) is 1. The molecular weight excluding hydrogens is 370 g/mol. The van der Waals surface area contributed by atoms with Crippen LogP contribution < -0.4 is 5.32 Å². The maximum atomic E-state index is 13.1. The Hall–Kier alpha value is -2.18. The summed E-state index contributed by atoms with van der Waals surface area (Å²) in [6.45, 7) is 7.19. The van der Waals surface area contributed by atoms with Crippen LogP contribution in [0.15, 0.2) is 41.1 Å². The number of nitrogens with zero attached hydrogens (tertiary/aromatic N) is 2. The molecule has 1 aromatic carbocycles. The molecular formula is C22H27N3O2S. The van der Waals surface area contributed by atoms with Crippen molar-refractivity contribution in [3.8, 4) is 0 Å². The summed E-state index contributed by atoms with van der Waals surface area (Å²) in [7, 11) is 0. The van der Waals surface area contributed by atoms with Crippen LogP contribution >= 0.6 is 11.3 Å². The van der Waals surface area contributed by atoms with Crippen LogP contribution in [0.25, 0.3) is 0 Å². The number of aryl methyl sites for hydroxylation is 1. The van der Waals surface area contributed by atoms with Crippen molar-refractivity contribution in [3.05, 3.63) is 57.8 Å². The van der Waals surface area contributed by atoms with Gasteiger partial charge in [-0.1, -0.05) is 29.8 Å². The summed E-state index contributed by atoms with van der Waals surface area (Å²) in [4.78, 5) is 29.4. The van der Waals surface area contributed by atoms with Crippen LogP contribution in [0.5, 0.6) is 0 Å². The number of benzene rings is 1. The van der Waals surface area contributed by atoms with Crippen LogP contribution in [0, 0.1) is 12.8 Å². The van der Waals surface area contributed by atoms with Crippen molar-refractivity contribution in [1.29, 1.82) is 0 Å². The lowest BCUT2D eigenvalue weighted by atomic mass is 9.79. The molecule has 2 aromatic rings. The van der Waals surface area contributed by atoms with Gasteiger partial charge < -0.3 is 5.32 Å². The molecule has 4 rings (SSSR count). The average molecular weight is 398 g/mol. The van der Waals surface area contributed by atoms with Crippen LogP contribution in [0.4, 0.5) is 4.79 Å². The highest BCUT2D eigenvalue weighted by Crippen LogP contribution is 2.34. The van der Waals surface area contributed by atoms with Gasteiger partial charge >= 0.3 is 6.03 Å². The zero-order valence-corrected chi connectivity index (χ0v) is 17.3. The first-order chi connectivity index (χ1) is 13.5. The number of imide groups is 1. The molecule has 0 aliphatic carbocycles. The topological polar surface area (TPSA) is 52.7 Å². The SMILES string of the molecule is Cc1ccc(CN2CCC([C@]3(C)NC(=O)N(Cc4ccsc4)C3=O)CC2)cc1. The average Bonchev–Trinajstić information content (AvgIpc) is 3.27. The lowest BCUT2D eigenvalue weighted by Gasteiger charge is -2.39. The van der Waals surface area contributed by atoms with Crippen molar-refractivity contribution < 1.29 is 9.59 Å². The van der Waals surface area contributed by atoms with E-state index in [0.717, 1.165) is 38.0 Å². The fourth-order valence-electron chi connectivity index (χ4n) is 4.32. The van der Waals surface area contributed by atoms with E-state index in [1.807, 2.05) is 23.8 Å². The molecule has 1 N–H and O–H groups in total. The highest BCUT2D eigenvalue weighted by atomic mass is 32.1. The van der Waals surface area contributed by atoms with E-state index in [-0.39, 0.29) is 17.9 Å². The van der Waals surface area contributed by atoms with E-state index in [9.17, 15) is 9.59 Å². The normalized spacial score (nSPS) is 24.0. The first-order valence-corrected chi connectivity index (χ1v) is 10.8. The molecule has 28 heavy (non-hydrogen) atoms. The second-order valence-corrected chi connectivity index (χ2v) is 8.97. The first-order valence-electron chi connectivity index (χ1n) is 9.89. The molecule has 0 spiro atoms. The Bertz CT molecular complexity index is 841. The highest BCUT2D eigenvalue weighted by molar-refractivity contribution is 7.07. The molecule has 0 radical (unpaired) electrons. The zero-order valence-electron chi connectivity index (χ0n) is 16.5. The van der Waals surface area contributed by atoms with Crippen LogP contribution in [0.2, 0.25) is 0 Å². The van der Waals surface area contributed by atoms with E-state index in [2.05, 4.69) is 41.4 Å². The molecule has 5 nitrogen and oxygen atoms in total. The number of nitrogens with one attached hydrogen (secondary N) is 1. The monoisotopic (exact) mass is 397 g/mol. The molecule has 1 atom stereocenters. The second kappa shape index (κ2) is 7.68. The minimum Gasteiger partial charge on any atom is -0.323 e. The molecule has 3 amide bonds. The summed E-state index contributed by atoms with van der Waals surface area (Å²) in [6.07, 6.45) is 1.83. The summed E-state index contributed by atoms with van der Waals surface area (Å²) in [5.41, 5.74) is 2.81. The van der Waals surface area contributed by atoms with Gasteiger partial charge in [0.05, 0.1) is 6.54 Å². The Kier molecular flexibility index (Phi) is 5.25. The van der Waals surface area contributed by atoms with E-state index in [4.69, 9.17) is 0 Å². The largest absolute Gasteiger partial charge is 0.325 e. The maximum absolute atomic E-state index is 13.1. The molecule has 148 valence electrons. The van der Waals surface area contributed by atoms with E-state index in [0.29, 0.717) is 6.54 Å². The summed E-state index contributed by atoms with van der Waals surface area (Å²) >= 11 is 1.58. The predicted octanol–water partition coefficient (Wildman–Crippen LogP) is 3.78. The number of hydrogen-bond acceptors (Lipinski definition) is 4. The summed E-state index contributed by atoms with van der Waals surface area (Å²) < 4.78 is 0. The molecule has 2 aliphatic heterocycles.